The molecule has 0 saturated carbocycles. The minimum absolute atomic E-state index is 0.665. The third-order valence-corrected chi connectivity index (χ3v) is 14.5. The van der Waals surface area contributed by atoms with Crippen LogP contribution in [0.15, 0.2) is 176 Å². The van der Waals surface area contributed by atoms with Crippen LogP contribution < -0.4 is 0 Å². The molecular weight excluding hydrogens is 751 g/mol. The lowest BCUT2D eigenvalue weighted by molar-refractivity contribution is 1.07. The second-order valence-corrected chi connectivity index (χ2v) is 17.5. The molecule has 3 nitrogen and oxygen atoms in total. The Morgan fingerprint density at radius 1 is 0.281 bits per heavy atom. The van der Waals surface area contributed by atoms with E-state index in [-0.39, 0.29) is 0 Å². The summed E-state index contributed by atoms with van der Waals surface area (Å²) in [4.78, 5) is 15.0. The zero-order chi connectivity index (χ0) is 37.5. The van der Waals surface area contributed by atoms with E-state index in [1.54, 1.807) is 0 Å². The standard InChI is InChI=1S/C51H29N3S3/c1-3-13-30(14-4-1)49-52-50(31-15-5-2-6-16-31)54-51(53-49)32-27-28-40-44(29-32)56-43-26-12-19-34(46(40)43)36-21-10-23-38-37-22-9-20-35(47(37)57-48(36)38)33-18-11-25-42-45(33)39-17-7-8-24-41(39)55-42/h1-29H. The highest BCUT2D eigenvalue weighted by atomic mass is 32.1. The lowest BCUT2D eigenvalue weighted by atomic mass is 9.96. The lowest BCUT2D eigenvalue weighted by Crippen LogP contribution is -1.99. The van der Waals surface area contributed by atoms with Crippen molar-refractivity contribution in [2.75, 3.05) is 0 Å². The van der Waals surface area contributed by atoms with Crippen molar-refractivity contribution in [3.05, 3.63) is 176 Å². The number of nitrogens with zero attached hydrogens (tertiary/aromatic N) is 3. The van der Waals surface area contributed by atoms with E-state index in [9.17, 15) is 0 Å². The predicted molar refractivity (Wildman–Crippen MR) is 246 cm³/mol. The Balaban J connectivity index is 1.02. The summed E-state index contributed by atoms with van der Waals surface area (Å²) in [6.45, 7) is 0. The highest BCUT2D eigenvalue weighted by molar-refractivity contribution is 7.27. The van der Waals surface area contributed by atoms with Crippen LogP contribution in [-0.2, 0) is 0 Å². The highest BCUT2D eigenvalue weighted by Crippen LogP contribution is 2.49. The van der Waals surface area contributed by atoms with Crippen LogP contribution in [0.4, 0.5) is 0 Å². The number of hydrogen-bond acceptors (Lipinski definition) is 6. The normalized spacial score (nSPS) is 11.9. The Bertz CT molecular complexity index is 3470. The van der Waals surface area contributed by atoms with Crippen LogP contribution in [0.5, 0.6) is 0 Å². The van der Waals surface area contributed by atoms with Gasteiger partial charge in [0.2, 0.25) is 0 Å². The monoisotopic (exact) mass is 779 g/mol. The maximum atomic E-state index is 5.02. The molecule has 0 radical (unpaired) electrons. The first-order valence-corrected chi connectivity index (χ1v) is 21.4. The summed E-state index contributed by atoms with van der Waals surface area (Å²) in [6.07, 6.45) is 0. The topological polar surface area (TPSA) is 38.7 Å². The Morgan fingerprint density at radius 2 is 0.719 bits per heavy atom. The summed E-state index contributed by atoms with van der Waals surface area (Å²) in [5.41, 5.74) is 8.02. The van der Waals surface area contributed by atoms with Crippen molar-refractivity contribution in [2.24, 2.45) is 0 Å². The van der Waals surface area contributed by atoms with Crippen molar-refractivity contribution in [3.8, 4) is 56.4 Å². The lowest BCUT2D eigenvalue weighted by Gasteiger charge is -2.09. The molecule has 4 aromatic heterocycles. The maximum Gasteiger partial charge on any atom is 0.164 e. The van der Waals surface area contributed by atoms with E-state index < -0.39 is 0 Å². The van der Waals surface area contributed by atoms with Gasteiger partial charge in [0, 0.05) is 88.3 Å². The van der Waals surface area contributed by atoms with Gasteiger partial charge in [-0.15, -0.1) is 34.0 Å². The summed E-state index contributed by atoms with van der Waals surface area (Å²) >= 11 is 5.62. The van der Waals surface area contributed by atoms with E-state index in [1.807, 2.05) is 94.7 Å². The summed E-state index contributed by atoms with van der Waals surface area (Å²) in [6, 6.07) is 63.0. The smallest absolute Gasteiger partial charge is 0.164 e. The SMILES string of the molecule is c1ccc(-c2nc(-c3ccccc3)nc(-c3ccc4c(c3)sc3cccc(-c5cccc6c5sc5c(-c7cccc8sc9ccccc9c78)cccc56)c34)n2)cc1. The molecule has 12 rings (SSSR count). The molecule has 12 aromatic rings. The van der Waals surface area contributed by atoms with Gasteiger partial charge < -0.3 is 0 Å². The third kappa shape index (κ3) is 5.26. The predicted octanol–water partition coefficient (Wildman–Crippen LogP) is 15.3. The Kier molecular flexibility index (Phi) is 7.45. The van der Waals surface area contributed by atoms with Gasteiger partial charge in [-0.2, -0.15) is 0 Å². The molecule has 0 spiro atoms. The molecule has 4 heterocycles. The molecule has 0 aliphatic rings. The fourth-order valence-corrected chi connectivity index (χ4v) is 12.0. The molecule has 8 aromatic carbocycles. The van der Waals surface area contributed by atoms with E-state index >= 15 is 0 Å². The van der Waals surface area contributed by atoms with Crippen LogP contribution >= 0.6 is 34.0 Å². The quantitative estimate of drug-likeness (QED) is 0.175. The van der Waals surface area contributed by atoms with Gasteiger partial charge >= 0.3 is 0 Å². The molecule has 266 valence electrons. The molecule has 0 aliphatic heterocycles. The molecule has 0 unspecified atom stereocenters. The van der Waals surface area contributed by atoms with E-state index in [4.69, 9.17) is 15.0 Å². The molecule has 0 fully saturated rings. The van der Waals surface area contributed by atoms with Gasteiger partial charge in [-0.1, -0.05) is 152 Å². The fourth-order valence-electron chi connectivity index (χ4n) is 8.37. The molecular formula is C51H29N3S3. The molecule has 57 heavy (non-hydrogen) atoms. The van der Waals surface area contributed by atoms with Gasteiger partial charge in [-0.05, 0) is 35.4 Å². The third-order valence-electron chi connectivity index (χ3n) is 11.0. The van der Waals surface area contributed by atoms with Gasteiger partial charge in [-0.3, -0.25) is 0 Å². The average molecular weight is 780 g/mol. The molecule has 0 atom stereocenters. The molecule has 0 aliphatic carbocycles. The van der Waals surface area contributed by atoms with Crippen molar-refractivity contribution in [1.29, 1.82) is 0 Å². The summed E-state index contributed by atoms with van der Waals surface area (Å²) in [5.74, 6) is 2.00. The molecule has 6 heteroatoms. The first-order valence-electron chi connectivity index (χ1n) is 18.9. The maximum absolute atomic E-state index is 5.02. The van der Waals surface area contributed by atoms with Gasteiger partial charge in [0.05, 0.1) is 0 Å². The Hall–Kier alpha value is -6.57. The van der Waals surface area contributed by atoms with Crippen LogP contribution in [0.3, 0.4) is 0 Å². The number of thiophene rings is 3. The van der Waals surface area contributed by atoms with Crippen LogP contribution in [0, 0.1) is 0 Å². The van der Waals surface area contributed by atoms with E-state index in [0.29, 0.717) is 17.5 Å². The van der Waals surface area contributed by atoms with Gasteiger partial charge in [0.25, 0.3) is 0 Å². The van der Waals surface area contributed by atoms with Gasteiger partial charge in [0.1, 0.15) is 0 Å². The summed E-state index contributed by atoms with van der Waals surface area (Å²) in [7, 11) is 0. The second kappa shape index (κ2) is 13.0. The van der Waals surface area contributed by atoms with Crippen molar-refractivity contribution >= 4 is 94.5 Å². The van der Waals surface area contributed by atoms with Crippen molar-refractivity contribution in [1.82, 2.24) is 15.0 Å². The summed E-state index contributed by atoms with van der Waals surface area (Å²) < 4.78 is 7.78. The van der Waals surface area contributed by atoms with E-state index in [0.717, 1.165) is 16.7 Å². The summed E-state index contributed by atoms with van der Waals surface area (Å²) in [5, 5.41) is 7.81. The Morgan fingerprint density at radius 3 is 1.32 bits per heavy atom. The first kappa shape index (κ1) is 32.7. The van der Waals surface area contributed by atoms with Crippen molar-refractivity contribution < 1.29 is 0 Å². The average Bonchev–Trinajstić information content (AvgIpc) is 3.98. The number of benzene rings is 8. The zero-order valence-corrected chi connectivity index (χ0v) is 32.8. The van der Waals surface area contributed by atoms with Crippen molar-refractivity contribution in [2.45, 2.75) is 0 Å². The highest BCUT2D eigenvalue weighted by Gasteiger charge is 2.20. The number of fused-ring (bicyclic) bond motifs is 9. The van der Waals surface area contributed by atoms with Crippen LogP contribution in [0.2, 0.25) is 0 Å². The number of hydrogen-bond donors (Lipinski definition) is 0. The van der Waals surface area contributed by atoms with Crippen LogP contribution in [0.25, 0.3) is 117 Å². The Labute approximate surface area is 339 Å². The van der Waals surface area contributed by atoms with Crippen LogP contribution in [0.1, 0.15) is 0 Å². The molecule has 0 N–H and O–H groups in total. The van der Waals surface area contributed by atoms with Crippen LogP contribution in [-0.4, -0.2) is 15.0 Å². The zero-order valence-electron chi connectivity index (χ0n) is 30.3. The fraction of sp³-hybridized carbons (Fsp3) is 0. The van der Waals surface area contributed by atoms with Gasteiger partial charge in [0.15, 0.2) is 17.5 Å². The largest absolute Gasteiger partial charge is 0.208 e. The molecule has 0 amide bonds. The molecule has 0 saturated heterocycles. The molecule has 0 bridgehead atoms. The van der Waals surface area contributed by atoms with Crippen molar-refractivity contribution in [3.63, 3.8) is 0 Å². The second-order valence-electron chi connectivity index (χ2n) is 14.3. The number of aromatic nitrogens is 3. The minimum Gasteiger partial charge on any atom is -0.208 e. The van der Waals surface area contributed by atoms with E-state index in [2.05, 4.69) is 115 Å². The van der Waals surface area contributed by atoms with E-state index in [1.165, 1.54) is 82.8 Å². The minimum atomic E-state index is 0.665. The number of rotatable bonds is 5. The first-order chi connectivity index (χ1) is 28.2. The van der Waals surface area contributed by atoms with Gasteiger partial charge in [-0.25, -0.2) is 15.0 Å².